The number of benzene rings is 1. The van der Waals surface area contributed by atoms with Crippen molar-refractivity contribution < 1.29 is 36.2 Å². The molecule has 0 amide bonds. The van der Waals surface area contributed by atoms with Crippen LogP contribution in [0.4, 0.5) is 26.3 Å². The van der Waals surface area contributed by atoms with Gasteiger partial charge in [-0.15, -0.1) is 0 Å². The van der Waals surface area contributed by atoms with Gasteiger partial charge in [-0.3, -0.25) is 0 Å². The molecule has 0 bridgehead atoms. The monoisotopic (exact) mass is 366 g/mol. The van der Waals surface area contributed by atoms with Gasteiger partial charge in [0.1, 0.15) is 0 Å². The van der Waals surface area contributed by atoms with E-state index in [4.69, 9.17) is 0 Å². The largest absolute Gasteiger partial charge is 0.478 e. The summed E-state index contributed by atoms with van der Waals surface area (Å²) in [6.45, 7) is 3.14. The van der Waals surface area contributed by atoms with E-state index in [0.717, 1.165) is 0 Å². The van der Waals surface area contributed by atoms with Gasteiger partial charge in [0.25, 0.3) is 0 Å². The van der Waals surface area contributed by atoms with E-state index in [2.05, 4.69) is 0 Å². The van der Waals surface area contributed by atoms with Gasteiger partial charge in [0.15, 0.2) is 0 Å². The van der Waals surface area contributed by atoms with Gasteiger partial charge in [-0.25, -0.2) is 4.79 Å². The number of aliphatic carboxylic acids is 1. The molecule has 1 aliphatic rings. The van der Waals surface area contributed by atoms with Crippen LogP contribution < -0.4 is 0 Å². The Hall–Kier alpha value is -1.99. The highest BCUT2D eigenvalue weighted by molar-refractivity contribution is 5.90. The zero-order chi connectivity index (χ0) is 19.2. The third-order valence-electron chi connectivity index (χ3n) is 4.53. The predicted octanol–water partition coefficient (Wildman–Crippen LogP) is 5.42. The van der Waals surface area contributed by atoms with E-state index in [-0.39, 0.29) is 29.5 Å². The lowest BCUT2D eigenvalue weighted by atomic mass is 9.66. The van der Waals surface area contributed by atoms with Crippen molar-refractivity contribution in [3.63, 3.8) is 0 Å². The summed E-state index contributed by atoms with van der Waals surface area (Å²) in [5.41, 5.74) is -4.80. The highest BCUT2D eigenvalue weighted by Gasteiger charge is 2.43. The van der Waals surface area contributed by atoms with Crippen molar-refractivity contribution in [1.82, 2.24) is 0 Å². The minimum absolute atomic E-state index is 0.0449. The first-order valence-corrected chi connectivity index (χ1v) is 7.49. The van der Waals surface area contributed by atoms with E-state index in [0.29, 0.717) is 18.6 Å². The Morgan fingerprint density at radius 1 is 1.08 bits per heavy atom. The molecule has 0 fully saturated rings. The van der Waals surface area contributed by atoms with E-state index in [1.54, 1.807) is 6.92 Å². The minimum atomic E-state index is -4.97. The lowest BCUT2D eigenvalue weighted by molar-refractivity contribution is -0.143. The maximum absolute atomic E-state index is 13.1. The van der Waals surface area contributed by atoms with Crippen molar-refractivity contribution in [2.24, 2.45) is 5.92 Å². The lowest BCUT2D eigenvalue weighted by Gasteiger charge is -2.37. The summed E-state index contributed by atoms with van der Waals surface area (Å²) >= 11 is 0. The average Bonchev–Trinajstić information content (AvgIpc) is 2.44. The Balaban J connectivity index is 2.73. The zero-order valence-electron chi connectivity index (χ0n) is 13.4. The molecule has 0 spiro atoms. The molecule has 0 radical (unpaired) electrons. The molecule has 2 rings (SSSR count). The molecule has 138 valence electrons. The van der Waals surface area contributed by atoms with Gasteiger partial charge in [-0.2, -0.15) is 26.3 Å². The molecule has 25 heavy (non-hydrogen) atoms. The number of halogens is 6. The van der Waals surface area contributed by atoms with E-state index in [1.807, 2.05) is 0 Å². The first-order valence-electron chi connectivity index (χ1n) is 7.49. The molecule has 8 heteroatoms. The smallest absolute Gasteiger partial charge is 0.416 e. The molecular formula is C17H16F6O2. The normalized spacial score (nSPS) is 24.8. The summed E-state index contributed by atoms with van der Waals surface area (Å²) in [6.07, 6.45) is -8.02. The Morgan fingerprint density at radius 3 is 1.96 bits per heavy atom. The first kappa shape index (κ1) is 19.3. The average molecular weight is 366 g/mol. The van der Waals surface area contributed by atoms with Gasteiger partial charge in [-0.05, 0) is 42.5 Å². The number of hydrogen-bond acceptors (Lipinski definition) is 1. The predicted molar refractivity (Wildman–Crippen MR) is 77.9 cm³/mol. The molecule has 2 nitrogen and oxygen atoms in total. The van der Waals surface area contributed by atoms with Crippen molar-refractivity contribution in [1.29, 1.82) is 0 Å². The maximum Gasteiger partial charge on any atom is 0.416 e. The van der Waals surface area contributed by atoms with Crippen LogP contribution in [0, 0.1) is 5.92 Å². The maximum atomic E-state index is 13.1. The van der Waals surface area contributed by atoms with Crippen molar-refractivity contribution in [3.05, 3.63) is 46.5 Å². The topological polar surface area (TPSA) is 37.3 Å². The molecule has 2 atom stereocenters. The Bertz CT molecular complexity index is 685. The molecule has 1 N–H and O–H groups in total. The van der Waals surface area contributed by atoms with Gasteiger partial charge < -0.3 is 5.11 Å². The second kappa shape index (κ2) is 6.07. The first-order chi connectivity index (χ1) is 11.2. The van der Waals surface area contributed by atoms with Crippen molar-refractivity contribution in [2.75, 3.05) is 0 Å². The molecule has 0 aliphatic heterocycles. The fourth-order valence-electron chi connectivity index (χ4n) is 3.30. The molecule has 0 unspecified atom stereocenters. The van der Waals surface area contributed by atoms with Crippen molar-refractivity contribution in [3.8, 4) is 0 Å². The summed E-state index contributed by atoms with van der Waals surface area (Å²) in [6, 6.07) is 1.28. The highest BCUT2D eigenvalue weighted by atomic mass is 19.4. The number of rotatable bonds is 2. The Labute approximate surface area is 140 Å². The van der Waals surface area contributed by atoms with Gasteiger partial charge >= 0.3 is 18.3 Å². The number of hydrogen-bond donors (Lipinski definition) is 1. The van der Waals surface area contributed by atoms with Crippen LogP contribution in [0.1, 0.15) is 43.4 Å². The van der Waals surface area contributed by atoms with E-state index >= 15 is 0 Å². The van der Waals surface area contributed by atoms with Crippen LogP contribution in [0.25, 0.3) is 0 Å². The molecular weight excluding hydrogens is 350 g/mol. The molecule has 0 saturated carbocycles. The van der Waals surface area contributed by atoms with Crippen LogP contribution in [0.5, 0.6) is 0 Å². The third kappa shape index (κ3) is 3.82. The van der Waals surface area contributed by atoms with Crippen LogP contribution in [0.2, 0.25) is 0 Å². The Morgan fingerprint density at radius 2 is 1.56 bits per heavy atom. The SMILES string of the molecule is C[C@H]1CC=C(C(=O)O)[C@](C)(c2cc(C(F)(F)F)cc(C(F)(F)F)c2)C1. The summed E-state index contributed by atoms with van der Waals surface area (Å²) in [5.74, 6) is -1.42. The van der Waals surface area contributed by atoms with Crippen molar-refractivity contribution in [2.45, 2.75) is 44.5 Å². The summed E-state index contributed by atoms with van der Waals surface area (Å²) in [7, 11) is 0. The quantitative estimate of drug-likeness (QED) is 0.710. The van der Waals surface area contributed by atoms with E-state index in [9.17, 15) is 36.2 Å². The number of carbonyl (C=O) groups is 1. The van der Waals surface area contributed by atoms with Gasteiger partial charge in [0, 0.05) is 11.0 Å². The summed E-state index contributed by atoms with van der Waals surface area (Å²) in [5, 5.41) is 9.37. The van der Waals surface area contributed by atoms with E-state index in [1.165, 1.54) is 13.0 Å². The van der Waals surface area contributed by atoms with Gasteiger partial charge in [-0.1, -0.05) is 19.9 Å². The van der Waals surface area contributed by atoms with Gasteiger partial charge in [0.05, 0.1) is 11.1 Å². The minimum Gasteiger partial charge on any atom is -0.478 e. The second-order valence-corrected chi connectivity index (χ2v) is 6.59. The molecule has 0 saturated heterocycles. The highest BCUT2D eigenvalue weighted by Crippen LogP contribution is 2.46. The number of carboxylic acid groups (broad SMARTS) is 1. The lowest BCUT2D eigenvalue weighted by Crippen LogP contribution is -2.34. The number of carboxylic acids is 1. The molecule has 1 aliphatic carbocycles. The van der Waals surface area contributed by atoms with Gasteiger partial charge in [0.2, 0.25) is 0 Å². The van der Waals surface area contributed by atoms with Crippen LogP contribution in [-0.2, 0) is 22.6 Å². The Kier molecular flexibility index (Phi) is 4.69. The number of alkyl halides is 6. The molecule has 1 aromatic carbocycles. The molecule has 0 heterocycles. The summed E-state index contributed by atoms with van der Waals surface area (Å²) in [4.78, 5) is 11.5. The molecule has 0 aromatic heterocycles. The molecule has 1 aromatic rings. The third-order valence-corrected chi connectivity index (χ3v) is 4.53. The zero-order valence-corrected chi connectivity index (χ0v) is 13.4. The van der Waals surface area contributed by atoms with E-state index < -0.39 is 34.9 Å². The standard InChI is InChI=1S/C17H16F6O2/c1-9-3-4-13(14(24)25)15(2,8-9)10-5-11(16(18,19)20)7-12(6-10)17(21,22)23/h4-7,9H,3,8H2,1-2H3,(H,24,25)/t9-,15-/m0/s1. The van der Waals surface area contributed by atoms with Crippen LogP contribution >= 0.6 is 0 Å². The van der Waals surface area contributed by atoms with Crippen molar-refractivity contribution >= 4 is 5.97 Å². The fraction of sp³-hybridized carbons (Fsp3) is 0.471. The number of allylic oxidation sites excluding steroid dienone is 1. The summed E-state index contributed by atoms with van der Waals surface area (Å²) < 4.78 is 78.4. The van der Waals surface area contributed by atoms with Crippen LogP contribution in [0.15, 0.2) is 29.8 Å². The van der Waals surface area contributed by atoms with Crippen LogP contribution in [-0.4, -0.2) is 11.1 Å². The second-order valence-electron chi connectivity index (χ2n) is 6.59. The fourth-order valence-corrected chi connectivity index (χ4v) is 3.30. The van der Waals surface area contributed by atoms with Crippen LogP contribution in [0.3, 0.4) is 0 Å².